The Morgan fingerprint density at radius 1 is 0.576 bits per heavy atom. The van der Waals surface area contributed by atoms with Crippen LogP contribution in [0.3, 0.4) is 0 Å². The molecule has 0 unspecified atom stereocenters. The minimum atomic E-state index is -8.66. The second-order valence-electron chi connectivity index (χ2n) is 5.82. The SMILES string of the molecule is O=C([O-])CSCCC(F)(F)C(F)(F)C(F)(F)C(F)(F)C(F)(F)C(F)(F)C(F)(F)C(F)(F)F.[K+]. The summed E-state index contributed by atoms with van der Waals surface area (Å²) in [7, 11) is 0. The predicted molar refractivity (Wildman–Crippen MR) is 67.6 cm³/mol. The molecule has 0 aromatic rings. The van der Waals surface area contributed by atoms with Gasteiger partial charge in [0.1, 0.15) is 0 Å². The van der Waals surface area contributed by atoms with Gasteiger partial charge in [-0.1, -0.05) is 0 Å². The van der Waals surface area contributed by atoms with Crippen molar-refractivity contribution in [3.05, 3.63) is 0 Å². The smallest absolute Gasteiger partial charge is 0.549 e. The van der Waals surface area contributed by atoms with Crippen LogP contribution in [-0.4, -0.2) is 65.1 Å². The van der Waals surface area contributed by atoms with Gasteiger partial charge in [-0.25, -0.2) is 0 Å². The number of carboxylic acid groups (broad SMARTS) is 1. The number of halogens is 17. The maximum Gasteiger partial charge on any atom is 1.00 e. The van der Waals surface area contributed by atoms with Crippen molar-refractivity contribution in [3.8, 4) is 0 Å². The van der Waals surface area contributed by atoms with Crippen LogP contribution < -0.4 is 56.5 Å². The van der Waals surface area contributed by atoms with Crippen LogP contribution in [0.5, 0.6) is 0 Å². The number of aliphatic carboxylic acids is 1. The van der Waals surface area contributed by atoms with Crippen LogP contribution in [0.1, 0.15) is 6.42 Å². The Bertz CT molecular complexity index is 690. The third-order valence-electron chi connectivity index (χ3n) is 3.57. The second-order valence-corrected chi connectivity index (χ2v) is 6.93. The number of carbonyl (C=O) groups excluding carboxylic acids is 1. The normalized spacial score (nSPS) is 15.3. The van der Waals surface area contributed by atoms with E-state index in [1.54, 1.807) is 0 Å². The van der Waals surface area contributed by atoms with Crippen molar-refractivity contribution in [1.82, 2.24) is 0 Å². The van der Waals surface area contributed by atoms with Crippen LogP contribution in [0.4, 0.5) is 74.6 Å². The van der Waals surface area contributed by atoms with E-state index in [1.165, 1.54) is 0 Å². The molecule has 2 nitrogen and oxygen atoms in total. The Kier molecular flexibility index (Phi) is 11.1. The minimum Gasteiger partial charge on any atom is -0.549 e. The molecule has 0 N–H and O–H groups in total. The van der Waals surface area contributed by atoms with Crippen molar-refractivity contribution in [2.75, 3.05) is 11.5 Å². The summed E-state index contributed by atoms with van der Waals surface area (Å²) in [5.74, 6) is -61.4. The molecule has 192 valence electrons. The van der Waals surface area contributed by atoms with Gasteiger partial charge in [0, 0.05) is 12.2 Å². The first kappa shape index (κ1) is 35.4. The molecule has 0 aliphatic carbocycles. The van der Waals surface area contributed by atoms with Gasteiger partial charge in [0.25, 0.3) is 0 Å². The molecule has 0 amide bonds. The number of carbonyl (C=O) groups is 1. The van der Waals surface area contributed by atoms with Gasteiger partial charge in [-0.15, -0.1) is 0 Å². The van der Waals surface area contributed by atoms with E-state index in [4.69, 9.17) is 0 Å². The van der Waals surface area contributed by atoms with Gasteiger partial charge in [0.2, 0.25) is 0 Å². The molecule has 0 aliphatic rings. The first-order chi connectivity index (χ1) is 13.7. The molecular formula is C12H6F17KO2S. The van der Waals surface area contributed by atoms with E-state index in [-0.39, 0.29) is 63.1 Å². The molecule has 0 rings (SSSR count). The van der Waals surface area contributed by atoms with Gasteiger partial charge in [0.15, 0.2) is 0 Å². The summed E-state index contributed by atoms with van der Waals surface area (Å²) >= 11 is -0.262. The van der Waals surface area contributed by atoms with Gasteiger partial charge in [-0.3, -0.25) is 0 Å². The van der Waals surface area contributed by atoms with Crippen LogP contribution in [0, 0.1) is 0 Å². The van der Waals surface area contributed by atoms with Crippen molar-refractivity contribution in [3.63, 3.8) is 0 Å². The monoisotopic (exact) mass is 576 g/mol. The number of rotatable bonds is 11. The minimum absolute atomic E-state index is 0. The quantitative estimate of drug-likeness (QED) is 0.215. The number of hydrogen-bond donors (Lipinski definition) is 0. The van der Waals surface area contributed by atoms with Gasteiger partial charge in [-0.05, 0) is 5.75 Å². The fraction of sp³-hybridized carbons (Fsp3) is 0.917. The van der Waals surface area contributed by atoms with E-state index in [2.05, 4.69) is 0 Å². The molecule has 0 aromatic carbocycles. The van der Waals surface area contributed by atoms with E-state index in [0.29, 0.717) is 0 Å². The topological polar surface area (TPSA) is 40.1 Å². The maximum absolute atomic E-state index is 13.4. The van der Waals surface area contributed by atoms with Gasteiger partial charge < -0.3 is 9.90 Å². The molecule has 33 heavy (non-hydrogen) atoms. The Labute approximate surface area is 218 Å². The summed E-state index contributed by atoms with van der Waals surface area (Å²) in [6.45, 7) is 0. The zero-order valence-corrected chi connectivity index (χ0v) is 19.2. The second kappa shape index (κ2) is 10.3. The van der Waals surface area contributed by atoms with Crippen LogP contribution in [0.15, 0.2) is 0 Å². The van der Waals surface area contributed by atoms with E-state index in [0.717, 1.165) is 0 Å². The van der Waals surface area contributed by atoms with E-state index >= 15 is 0 Å². The molecule has 0 atom stereocenters. The molecule has 0 saturated heterocycles. The van der Waals surface area contributed by atoms with E-state index < -0.39 is 71.5 Å². The molecule has 0 heterocycles. The summed E-state index contributed by atoms with van der Waals surface area (Å²) in [5, 5.41) is 9.98. The Morgan fingerprint density at radius 2 is 0.879 bits per heavy atom. The molecule has 0 radical (unpaired) electrons. The van der Waals surface area contributed by atoms with Crippen LogP contribution in [-0.2, 0) is 4.79 Å². The summed E-state index contributed by atoms with van der Waals surface area (Å²) in [5.41, 5.74) is 0. The maximum atomic E-state index is 13.4. The summed E-state index contributed by atoms with van der Waals surface area (Å²) in [4.78, 5) is 9.98. The standard InChI is InChI=1S/C12H7F17O2S.K/c13-5(14,1-2-32-3-4(30)31)6(15,16)7(17,18)8(19,20)9(21,22)10(23,24)11(25,26)12(27,28)29;/h1-3H2,(H,30,31);/q;+1/p-1. The largest absolute Gasteiger partial charge is 1.00 e. The first-order valence-electron chi connectivity index (χ1n) is 7.16. The Balaban J connectivity index is 0. The van der Waals surface area contributed by atoms with E-state index in [9.17, 15) is 84.5 Å². The molecule has 0 bridgehead atoms. The third kappa shape index (κ3) is 5.82. The van der Waals surface area contributed by atoms with Gasteiger partial charge in [0.05, 0.1) is 5.97 Å². The summed E-state index contributed by atoms with van der Waals surface area (Å²) in [6.07, 6.45) is -10.5. The zero-order chi connectivity index (χ0) is 26.4. The molecule has 0 saturated carbocycles. The molecule has 0 aromatic heterocycles. The summed E-state index contributed by atoms with van der Waals surface area (Å²) in [6, 6.07) is 0. The van der Waals surface area contributed by atoms with Crippen molar-refractivity contribution < 1.29 is 136 Å². The van der Waals surface area contributed by atoms with Crippen molar-refractivity contribution in [2.45, 2.75) is 54.1 Å². The van der Waals surface area contributed by atoms with Crippen molar-refractivity contribution >= 4 is 17.7 Å². The molecule has 0 aliphatic heterocycles. The first-order valence-corrected chi connectivity index (χ1v) is 8.31. The van der Waals surface area contributed by atoms with E-state index in [1.807, 2.05) is 0 Å². The molecule has 21 heteroatoms. The van der Waals surface area contributed by atoms with Crippen LogP contribution in [0.2, 0.25) is 0 Å². The van der Waals surface area contributed by atoms with Crippen molar-refractivity contribution in [1.29, 1.82) is 0 Å². The van der Waals surface area contributed by atoms with Gasteiger partial charge in [-0.2, -0.15) is 86.4 Å². The van der Waals surface area contributed by atoms with Crippen molar-refractivity contribution in [2.24, 2.45) is 0 Å². The fourth-order valence-corrected chi connectivity index (χ4v) is 2.42. The van der Waals surface area contributed by atoms with Crippen LogP contribution >= 0.6 is 11.8 Å². The fourth-order valence-electron chi connectivity index (χ4n) is 1.71. The van der Waals surface area contributed by atoms with Gasteiger partial charge >= 0.3 is 99.0 Å². The molecular weight excluding hydrogens is 570 g/mol. The Hall–Kier alpha value is 0.266. The number of carboxylic acids is 1. The number of hydrogen-bond acceptors (Lipinski definition) is 3. The molecule has 0 spiro atoms. The average Bonchev–Trinajstić information content (AvgIpc) is 2.56. The average molecular weight is 576 g/mol. The number of thioether (sulfide) groups is 1. The van der Waals surface area contributed by atoms with Crippen LogP contribution in [0.25, 0.3) is 0 Å². The zero-order valence-electron chi connectivity index (χ0n) is 15.3. The molecule has 0 fully saturated rings. The Morgan fingerprint density at radius 3 is 1.18 bits per heavy atom. The summed E-state index contributed by atoms with van der Waals surface area (Å²) < 4.78 is 220. The predicted octanol–water partition coefficient (Wildman–Crippen LogP) is 1.87. The number of alkyl halides is 17. The third-order valence-corrected chi connectivity index (χ3v) is 4.50.